The molecule has 0 spiro atoms. The quantitative estimate of drug-likeness (QED) is 0.876. The van der Waals surface area contributed by atoms with Crippen molar-refractivity contribution in [3.63, 3.8) is 0 Å². The van der Waals surface area contributed by atoms with Gasteiger partial charge in [0.05, 0.1) is 0 Å². The molecular formula is C17H25ClN2O. The largest absolute Gasteiger partial charge is 0.343 e. The molecule has 0 aromatic heterocycles. The number of amides is 1. The van der Waals surface area contributed by atoms with E-state index in [0.717, 1.165) is 31.0 Å². The van der Waals surface area contributed by atoms with Crippen LogP contribution in [0.2, 0.25) is 5.02 Å². The molecule has 1 aliphatic rings. The summed E-state index contributed by atoms with van der Waals surface area (Å²) in [5.41, 5.74) is 1.21. The number of hydrogen-bond donors (Lipinski definition) is 1. The van der Waals surface area contributed by atoms with Gasteiger partial charge in [-0.05, 0) is 62.9 Å². The molecule has 2 atom stereocenters. The standard InChI is InChI=1S/C17H25ClN2O/c1-13(11-14-3-6-16(18)7-4-14)20(2)17(21)8-5-15-9-10-19-12-15/h3-4,6-7,13,15,19H,5,8-12H2,1-2H3. The van der Waals surface area contributed by atoms with E-state index < -0.39 is 0 Å². The van der Waals surface area contributed by atoms with Gasteiger partial charge in [0.2, 0.25) is 5.91 Å². The summed E-state index contributed by atoms with van der Waals surface area (Å²) in [6.45, 7) is 4.27. The van der Waals surface area contributed by atoms with E-state index in [1.54, 1.807) is 0 Å². The molecular weight excluding hydrogens is 284 g/mol. The summed E-state index contributed by atoms with van der Waals surface area (Å²) >= 11 is 5.89. The van der Waals surface area contributed by atoms with Gasteiger partial charge in [-0.1, -0.05) is 23.7 Å². The Labute approximate surface area is 132 Å². The van der Waals surface area contributed by atoms with Crippen molar-refractivity contribution in [1.29, 1.82) is 0 Å². The van der Waals surface area contributed by atoms with E-state index in [9.17, 15) is 4.79 Å². The van der Waals surface area contributed by atoms with Gasteiger partial charge >= 0.3 is 0 Å². The Hall–Kier alpha value is -1.06. The van der Waals surface area contributed by atoms with Crippen LogP contribution in [0.3, 0.4) is 0 Å². The second-order valence-electron chi connectivity index (χ2n) is 6.08. The lowest BCUT2D eigenvalue weighted by molar-refractivity contribution is -0.131. The molecule has 21 heavy (non-hydrogen) atoms. The predicted octanol–water partition coefficient (Wildman–Crippen LogP) is 3.12. The molecule has 0 radical (unpaired) electrons. The Morgan fingerprint density at radius 1 is 1.43 bits per heavy atom. The summed E-state index contributed by atoms with van der Waals surface area (Å²) in [4.78, 5) is 14.2. The van der Waals surface area contributed by atoms with Crippen molar-refractivity contribution in [2.75, 3.05) is 20.1 Å². The molecule has 1 N–H and O–H groups in total. The fourth-order valence-electron chi connectivity index (χ4n) is 2.81. The van der Waals surface area contributed by atoms with Crippen molar-refractivity contribution in [2.45, 2.75) is 38.6 Å². The molecule has 1 saturated heterocycles. The lowest BCUT2D eigenvalue weighted by atomic mass is 10.0. The highest BCUT2D eigenvalue weighted by Crippen LogP contribution is 2.17. The van der Waals surface area contributed by atoms with E-state index in [1.807, 2.05) is 36.2 Å². The number of carbonyl (C=O) groups is 1. The molecule has 1 aromatic rings. The summed E-state index contributed by atoms with van der Waals surface area (Å²) in [5, 5.41) is 4.10. The molecule has 1 heterocycles. The first kappa shape index (κ1) is 16.3. The van der Waals surface area contributed by atoms with Gasteiger partial charge in [0, 0.05) is 24.5 Å². The molecule has 1 fully saturated rings. The average Bonchev–Trinajstić information content (AvgIpc) is 2.99. The second-order valence-corrected chi connectivity index (χ2v) is 6.52. The number of likely N-dealkylation sites (N-methyl/N-ethyl adjacent to an activating group) is 1. The highest BCUT2D eigenvalue weighted by molar-refractivity contribution is 6.30. The normalized spacial score (nSPS) is 19.5. The van der Waals surface area contributed by atoms with E-state index in [1.165, 1.54) is 12.0 Å². The Morgan fingerprint density at radius 3 is 2.76 bits per heavy atom. The van der Waals surface area contributed by atoms with Gasteiger partial charge in [-0.2, -0.15) is 0 Å². The Bertz CT molecular complexity index is 454. The van der Waals surface area contributed by atoms with E-state index in [4.69, 9.17) is 11.6 Å². The van der Waals surface area contributed by atoms with Gasteiger partial charge < -0.3 is 10.2 Å². The first-order valence-corrected chi connectivity index (χ1v) is 8.15. The number of benzene rings is 1. The Morgan fingerprint density at radius 2 is 2.14 bits per heavy atom. The zero-order valence-corrected chi connectivity index (χ0v) is 13.7. The number of rotatable bonds is 6. The van der Waals surface area contributed by atoms with Crippen LogP contribution in [0.4, 0.5) is 0 Å². The van der Waals surface area contributed by atoms with Crippen LogP contribution in [0.25, 0.3) is 0 Å². The minimum atomic E-state index is 0.209. The maximum absolute atomic E-state index is 12.3. The maximum atomic E-state index is 12.3. The van der Waals surface area contributed by atoms with Crippen molar-refractivity contribution >= 4 is 17.5 Å². The van der Waals surface area contributed by atoms with Gasteiger partial charge in [-0.25, -0.2) is 0 Å². The number of halogens is 1. The van der Waals surface area contributed by atoms with Crippen molar-refractivity contribution in [3.8, 4) is 0 Å². The summed E-state index contributed by atoms with van der Waals surface area (Å²) in [6, 6.07) is 8.07. The first-order chi connectivity index (χ1) is 10.1. The topological polar surface area (TPSA) is 32.3 Å². The average molecular weight is 309 g/mol. The third kappa shape index (κ3) is 5.01. The Balaban J connectivity index is 1.78. The van der Waals surface area contributed by atoms with E-state index >= 15 is 0 Å². The minimum Gasteiger partial charge on any atom is -0.343 e. The van der Waals surface area contributed by atoms with Crippen molar-refractivity contribution in [2.24, 2.45) is 5.92 Å². The molecule has 1 aliphatic heterocycles. The fourth-order valence-corrected chi connectivity index (χ4v) is 2.94. The summed E-state index contributed by atoms with van der Waals surface area (Å²) in [6.07, 6.45) is 3.74. The monoisotopic (exact) mass is 308 g/mol. The third-order valence-corrected chi connectivity index (χ3v) is 4.68. The number of nitrogens with one attached hydrogen (secondary N) is 1. The van der Waals surface area contributed by atoms with Crippen LogP contribution in [0.1, 0.15) is 31.7 Å². The lowest BCUT2D eigenvalue weighted by Gasteiger charge is -2.25. The zero-order valence-electron chi connectivity index (χ0n) is 12.9. The SMILES string of the molecule is CC(Cc1ccc(Cl)cc1)N(C)C(=O)CCC1CCNC1. The van der Waals surface area contributed by atoms with Crippen LogP contribution >= 0.6 is 11.6 Å². The third-order valence-electron chi connectivity index (χ3n) is 4.43. The number of carbonyl (C=O) groups excluding carboxylic acids is 1. The summed E-state index contributed by atoms with van der Waals surface area (Å²) in [7, 11) is 1.91. The molecule has 116 valence electrons. The van der Waals surface area contributed by atoms with Gasteiger partial charge in [-0.3, -0.25) is 4.79 Å². The van der Waals surface area contributed by atoms with Crippen molar-refractivity contribution < 1.29 is 4.79 Å². The highest BCUT2D eigenvalue weighted by atomic mass is 35.5. The molecule has 1 amide bonds. The second kappa shape index (κ2) is 7.81. The molecule has 0 aliphatic carbocycles. The zero-order chi connectivity index (χ0) is 15.2. The van der Waals surface area contributed by atoms with Crippen LogP contribution in [0.15, 0.2) is 24.3 Å². The van der Waals surface area contributed by atoms with Crippen molar-refractivity contribution in [1.82, 2.24) is 10.2 Å². The molecule has 2 rings (SSSR count). The molecule has 2 unspecified atom stereocenters. The lowest BCUT2D eigenvalue weighted by Crippen LogP contribution is -2.36. The summed E-state index contributed by atoms with van der Waals surface area (Å²) in [5.74, 6) is 0.928. The van der Waals surface area contributed by atoms with Crippen LogP contribution in [0.5, 0.6) is 0 Å². The van der Waals surface area contributed by atoms with Gasteiger partial charge in [0.15, 0.2) is 0 Å². The summed E-state index contributed by atoms with van der Waals surface area (Å²) < 4.78 is 0. The van der Waals surface area contributed by atoms with Crippen LogP contribution < -0.4 is 5.32 Å². The van der Waals surface area contributed by atoms with E-state index in [-0.39, 0.29) is 11.9 Å². The number of hydrogen-bond acceptors (Lipinski definition) is 2. The minimum absolute atomic E-state index is 0.209. The molecule has 1 aromatic carbocycles. The maximum Gasteiger partial charge on any atom is 0.222 e. The van der Waals surface area contributed by atoms with Gasteiger partial charge in [-0.15, -0.1) is 0 Å². The van der Waals surface area contributed by atoms with Gasteiger partial charge in [0.1, 0.15) is 0 Å². The van der Waals surface area contributed by atoms with Gasteiger partial charge in [0.25, 0.3) is 0 Å². The van der Waals surface area contributed by atoms with Crippen LogP contribution in [-0.2, 0) is 11.2 Å². The van der Waals surface area contributed by atoms with E-state index in [2.05, 4.69) is 12.2 Å². The molecule has 0 saturated carbocycles. The predicted molar refractivity (Wildman–Crippen MR) is 87.6 cm³/mol. The molecule has 3 nitrogen and oxygen atoms in total. The highest BCUT2D eigenvalue weighted by Gasteiger charge is 2.19. The number of nitrogens with zero attached hydrogens (tertiary/aromatic N) is 1. The first-order valence-electron chi connectivity index (χ1n) is 7.77. The van der Waals surface area contributed by atoms with E-state index in [0.29, 0.717) is 12.3 Å². The smallest absolute Gasteiger partial charge is 0.222 e. The van der Waals surface area contributed by atoms with Crippen molar-refractivity contribution in [3.05, 3.63) is 34.9 Å². The van der Waals surface area contributed by atoms with Crippen LogP contribution in [-0.4, -0.2) is 37.0 Å². The Kier molecular flexibility index (Phi) is 6.07. The molecule has 4 heteroatoms. The molecule has 0 bridgehead atoms. The fraction of sp³-hybridized carbons (Fsp3) is 0.588. The van der Waals surface area contributed by atoms with Crippen LogP contribution in [0, 0.1) is 5.92 Å².